The molecule has 4 aromatic rings. The topological polar surface area (TPSA) is 152 Å². The number of phenolic OH excluding ortho intramolecular Hbond substituents is 2. The Bertz CT molecular complexity index is 1620. The summed E-state index contributed by atoms with van der Waals surface area (Å²) in [5.74, 6) is 3.58. The van der Waals surface area contributed by atoms with Gasteiger partial charge in [0, 0.05) is 20.7 Å². The van der Waals surface area contributed by atoms with Crippen LogP contribution in [0.15, 0.2) is 66.7 Å². The van der Waals surface area contributed by atoms with Crippen molar-refractivity contribution < 1.29 is 39.1 Å². The number of rotatable bonds is 9. The molecule has 328 valence electrons. The van der Waals surface area contributed by atoms with Crippen molar-refractivity contribution in [2.75, 3.05) is 27.8 Å². The minimum atomic E-state index is -0.745. The van der Waals surface area contributed by atoms with E-state index in [0.29, 0.717) is 17.9 Å². The van der Waals surface area contributed by atoms with E-state index in [-0.39, 0.29) is 24.0 Å². The van der Waals surface area contributed by atoms with Gasteiger partial charge in [-0.1, -0.05) is 93.5 Å². The van der Waals surface area contributed by atoms with Crippen molar-refractivity contribution in [1.82, 2.24) is 4.90 Å². The molecule has 58 heavy (non-hydrogen) atoms. The largest absolute Gasteiger partial charge is 0.508 e. The summed E-state index contributed by atoms with van der Waals surface area (Å²) in [6.45, 7) is 30.0. The molecule has 0 radical (unpaired) electrons. The highest BCUT2D eigenvalue weighted by molar-refractivity contribution is 5.78. The van der Waals surface area contributed by atoms with Crippen LogP contribution in [0.2, 0.25) is 0 Å². The van der Waals surface area contributed by atoms with E-state index in [2.05, 4.69) is 22.6 Å². The summed E-state index contributed by atoms with van der Waals surface area (Å²) in [6.07, 6.45) is 1.28. The van der Waals surface area contributed by atoms with Crippen LogP contribution in [-0.2, 0) is 22.4 Å². The average molecular weight is 811 g/mol. The van der Waals surface area contributed by atoms with Gasteiger partial charge < -0.3 is 40.2 Å². The van der Waals surface area contributed by atoms with Crippen molar-refractivity contribution in [1.29, 1.82) is 0 Å². The Labute approximate surface area is 352 Å². The molecule has 0 saturated carbocycles. The number of amides is 2. The lowest BCUT2D eigenvalue weighted by atomic mass is 10.0. The molecule has 0 aliphatic carbocycles. The molecule has 4 aromatic carbocycles. The van der Waals surface area contributed by atoms with Gasteiger partial charge in [0.05, 0.1) is 13.5 Å². The zero-order chi connectivity index (χ0) is 46.0. The van der Waals surface area contributed by atoms with E-state index < -0.39 is 6.09 Å². The first kappa shape index (κ1) is 59.5. The molecule has 0 fully saturated rings. The smallest absolute Gasteiger partial charge is 0.404 e. The molecule has 5 N–H and O–H groups in total. The highest BCUT2D eigenvalue weighted by Gasteiger charge is 2.12. The van der Waals surface area contributed by atoms with Crippen molar-refractivity contribution in [3.8, 4) is 34.5 Å². The zero-order valence-electron chi connectivity index (χ0n) is 39.1. The first-order valence-corrected chi connectivity index (χ1v) is 20.4. The van der Waals surface area contributed by atoms with Crippen LogP contribution >= 0.6 is 0 Å². The van der Waals surface area contributed by atoms with Gasteiger partial charge in [-0.25, -0.2) is 4.79 Å². The third-order valence-corrected chi connectivity index (χ3v) is 7.16. The number of hydrogen-bond donors (Lipinski definition) is 4. The Morgan fingerprint density at radius 2 is 0.983 bits per heavy atom. The second-order valence-corrected chi connectivity index (χ2v) is 11.6. The Morgan fingerprint density at radius 1 is 0.603 bits per heavy atom. The number of likely N-dealkylation sites (N-methyl/N-ethyl adjacent to an activating group) is 1. The zero-order valence-corrected chi connectivity index (χ0v) is 39.1. The molecule has 0 aliphatic rings. The first-order valence-electron chi connectivity index (χ1n) is 20.4. The number of nitrogens with two attached hydrogens (primary N) is 1. The summed E-state index contributed by atoms with van der Waals surface area (Å²) in [7, 11) is 4.74. The third-order valence-electron chi connectivity index (χ3n) is 7.16. The number of benzene rings is 4. The second-order valence-electron chi connectivity index (χ2n) is 11.6. The summed E-state index contributed by atoms with van der Waals surface area (Å²) in [5.41, 5.74) is 11.5. The van der Waals surface area contributed by atoms with Crippen molar-refractivity contribution in [2.45, 2.75) is 123 Å². The molecular formula is C48H78N2O8. The van der Waals surface area contributed by atoms with Gasteiger partial charge in [-0.15, -0.1) is 0 Å². The number of aliphatic hydroxyl groups is 1. The fourth-order valence-corrected chi connectivity index (χ4v) is 4.71. The number of nitrogens with zero attached hydrogens (tertiary/aromatic N) is 1. The van der Waals surface area contributed by atoms with Crippen LogP contribution in [-0.4, -0.2) is 60.0 Å². The van der Waals surface area contributed by atoms with Crippen molar-refractivity contribution in [3.63, 3.8) is 0 Å². The number of hydrogen-bond acceptors (Lipinski definition) is 8. The number of aromatic hydroxyl groups is 2. The Morgan fingerprint density at radius 3 is 1.34 bits per heavy atom. The summed E-state index contributed by atoms with van der Waals surface area (Å²) in [6, 6.07) is 20.0. The van der Waals surface area contributed by atoms with Gasteiger partial charge in [0.1, 0.15) is 34.5 Å². The predicted octanol–water partition coefficient (Wildman–Crippen LogP) is 12.3. The van der Waals surface area contributed by atoms with E-state index in [4.69, 9.17) is 14.6 Å². The van der Waals surface area contributed by atoms with Crippen LogP contribution in [0.4, 0.5) is 4.79 Å². The van der Waals surface area contributed by atoms with Gasteiger partial charge in [-0.2, -0.15) is 0 Å². The van der Waals surface area contributed by atoms with Crippen molar-refractivity contribution in [3.05, 3.63) is 106 Å². The maximum absolute atomic E-state index is 11.9. The molecule has 0 bridgehead atoms. The Kier molecular flexibility index (Phi) is 37.1. The van der Waals surface area contributed by atoms with Crippen LogP contribution in [0.25, 0.3) is 0 Å². The Balaban J connectivity index is -0.000000379. The van der Waals surface area contributed by atoms with E-state index in [1.165, 1.54) is 12.7 Å². The minimum absolute atomic E-state index is 0.0756. The number of aryl methyl sites for hydroxylation is 6. The predicted molar refractivity (Wildman–Crippen MR) is 244 cm³/mol. The maximum Gasteiger partial charge on any atom is 0.404 e. The monoisotopic (exact) mass is 811 g/mol. The lowest BCUT2D eigenvalue weighted by molar-refractivity contribution is -0.127. The summed E-state index contributed by atoms with van der Waals surface area (Å²) < 4.78 is 15.8. The van der Waals surface area contributed by atoms with Crippen molar-refractivity contribution >= 4 is 12.0 Å². The molecule has 0 unspecified atom stereocenters. The summed E-state index contributed by atoms with van der Waals surface area (Å²) >= 11 is 0. The van der Waals surface area contributed by atoms with Crippen LogP contribution in [0.1, 0.15) is 115 Å². The first-order chi connectivity index (χ1) is 27.6. The standard InChI is InChI=1S/C19H23NO3.C17H20O3.C2H5NO2.5C2H6/c1-12-10-16(6-7-17(12)21)23-19-13(2)8-15(9-14(19)3)11-18(22)20(4)5;1-12-10-14(4-3-9-18)11-13(2)17(12)20-16-7-5-15(19)6-8-16;1-5-2(3)4;5*1-2/h6-10,21H,11H2,1-5H3;5-8,10-11,18-19H,3-4,9H2,1-2H3;1H3,(H2,3,4);5*1-2H3. The van der Waals surface area contributed by atoms with Gasteiger partial charge in [-0.3, -0.25) is 4.79 Å². The molecule has 10 heteroatoms. The van der Waals surface area contributed by atoms with Crippen LogP contribution < -0.4 is 15.2 Å². The Hall–Kier alpha value is -5.22. The van der Waals surface area contributed by atoms with E-state index >= 15 is 0 Å². The quantitative estimate of drug-likeness (QED) is 0.130. The average Bonchev–Trinajstić information content (AvgIpc) is 3.23. The molecule has 4 rings (SSSR count). The van der Waals surface area contributed by atoms with Gasteiger partial charge in [-0.05, 0) is 129 Å². The van der Waals surface area contributed by atoms with Gasteiger partial charge in [0.2, 0.25) is 5.91 Å². The molecule has 0 saturated heterocycles. The van der Waals surface area contributed by atoms with Gasteiger partial charge in [0.25, 0.3) is 0 Å². The van der Waals surface area contributed by atoms with Gasteiger partial charge >= 0.3 is 6.09 Å². The number of ether oxygens (including phenoxy) is 3. The highest BCUT2D eigenvalue weighted by atomic mass is 16.5. The van der Waals surface area contributed by atoms with E-state index in [9.17, 15) is 19.8 Å². The summed E-state index contributed by atoms with van der Waals surface area (Å²) in [5, 5.41) is 27.8. The molecule has 0 atom stereocenters. The molecular weight excluding hydrogens is 733 g/mol. The summed E-state index contributed by atoms with van der Waals surface area (Å²) in [4.78, 5) is 22.8. The van der Waals surface area contributed by atoms with E-state index in [1.54, 1.807) is 61.5 Å². The number of phenols is 2. The number of aliphatic hydroxyl groups excluding tert-OH is 1. The minimum Gasteiger partial charge on any atom is -0.508 e. The third kappa shape index (κ3) is 24.4. The van der Waals surface area contributed by atoms with Crippen LogP contribution in [0.3, 0.4) is 0 Å². The molecule has 0 aliphatic heterocycles. The molecule has 2 amide bonds. The van der Waals surface area contributed by atoms with Crippen LogP contribution in [0.5, 0.6) is 34.5 Å². The number of carbonyl (C=O) groups is 2. The lowest BCUT2D eigenvalue weighted by Crippen LogP contribution is -2.23. The molecule has 0 heterocycles. The van der Waals surface area contributed by atoms with E-state index in [1.807, 2.05) is 116 Å². The number of carbonyl (C=O) groups excluding carboxylic acids is 2. The molecule has 10 nitrogen and oxygen atoms in total. The van der Waals surface area contributed by atoms with Crippen molar-refractivity contribution in [2.24, 2.45) is 5.73 Å². The fraction of sp³-hybridized carbons (Fsp3) is 0.458. The molecule has 0 aromatic heterocycles. The maximum atomic E-state index is 11.9. The highest BCUT2D eigenvalue weighted by Crippen LogP contribution is 2.33. The number of methoxy groups -OCH3 is 1. The number of primary amides is 1. The van der Waals surface area contributed by atoms with E-state index in [0.717, 1.165) is 57.7 Å². The second kappa shape index (κ2) is 36.1. The van der Waals surface area contributed by atoms with Gasteiger partial charge in [0.15, 0.2) is 0 Å². The normalized spacial score (nSPS) is 8.88. The lowest BCUT2D eigenvalue weighted by Gasteiger charge is -2.15. The fourth-order valence-electron chi connectivity index (χ4n) is 4.71. The molecule has 0 spiro atoms. The SMILES string of the molecule is CC.CC.CC.CC.CC.COC(N)=O.Cc1cc(CCCO)cc(C)c1Oc1ccc(O)cc1.Cc1cc(Oc2c(C)cc(CC(=O)N(C)C)cc2C)ccc1O. The van der Waals surface area contributed by atoms with Crippen LogP contribution in [0, 0.1) is 34.6 Å².